The Morgan fingerprint density at radius 2 is 0.636 bits per heavy atom. The second-order valence-electron chi connectivity index (χ2n) is 15.5. The van der Waals surface area contributed by atoms with Crippen molar-refractivity contribution >= 4 is 0 Å². The summed E-state index contributed by atoms with van der Waals surface area (Å²) in [6.07, 6.45) is 26.4. The third kappa shape index (κ3) is 6.22. The van der Waals surface area contributed by atoms with E-state index in [9.17, 15) is 0 Å². The third-order valence-corrected chi connectivity index (χ3v) is 13.6. The zero-order chi connectivity index (χ0) is 28.9. The fraction of sp³-hybridized carbons (Fsp3) is 0.969. The van der Waals surface area contributed by atoms with E-state index in [-0.39, 0.29) is 17.1 Å². The second kappa shape index (κ2) is 14.6. The average Bonchev–Trinajstić information content (AvgIpc) is 3.77. The van der Waals surface area contributed by atoms with Crippen LogP contribution in [0.15, 0.2) is 0 Å². The van der Waals surface area contributed by atoms with E-state index in [1.807, 2.05) is 0 Å². The molecule has 4 aliphatic carbocycles. The Hall–Kier alpha value is 0.514. The SMILES string of the molecule is [CH-]1CCCC2C3NC(NC4NC(NC5NC(NC6NC(N3)C3CCCCC63)C3CCCCC53)C3CCCCC43)C12.[Fe].[O]=[Ti]=[O]. The van der Waals surface area contributed by atoms with Crippen LogP contribution < -0.4 is 42.5 Å². The predicted molar refractivity (Wildman–Crippen MR) is 158 cm³/mol. The second-order valence-corrected chi connectivity index (χ2v) is 15.7. The van der Waals surface area contributed by atoms with Crippen molar-refractivity contribution in [3.63, 3.8) is 0 Å². The molecule has 44 heavy (non-hydrogen) atoms. The minimum atomic E-state index is -2.00. The summed E-state index contributed by atoms with van der Waals surface area (Å²) in [6.45, 7) is 0. The van der Waals surface area contributed by atoms with Gasteiger partial charge in [-0.1, -0.05) is 51.4 Å². The van der Waals surface area contributed by atoms with Gasteiger partial charge in [0.05, 0.1) is 43.2 Å². The fourth-order valence-electron chi connectivity index (χ4n) is 11.7. The number of hydrogen-bond acceptors (Lipinski definition) is 10. The molecule has 10 nitrogen and oxygen atoms in total. The number of nitrogens with one attached hydrogen (secondary N) is 8. The summed E-state index contributed by atoms with van der Waals surface area (Å²) in [6, 6.07) is 0. The van der Waals surface area contributed by atoms with Gasteiger partial charge in [-0.05, 0) is 80.0 Å². The first-order valence-corrected chi connectivity index (χ1v) is 19.4. The van der Waals surface area contributed by atoms with Gasteiger partial charge in [-0.25, -0.2) is 0 Å². The van der Waals surface area contributed by atoms with Gasteiger partial charge in [0.1, 0.15) is 0 Å². The van der Waals surface area contributed by atoms with E-state index in [2.05, 4.69) is 49.0 Å². The van der Waals surface area contributed by atoms with Crippen LogP contribution in [0.5, 0.6) is 0 Å². The number of fused-ring (bicyclic) bond motifs is 20. The summed E-state index contributed by atoms with van der Waals surface area (Å²) in [5.41, 5.74) is 0. The molecule has 5 heterocycles. The van der Waals surface area contributed by atoms with Crippen molar-refractivity contribution in [2.24, 2.45) is 47.3 Å². The van der Waals surface area contributed by atoms with E-state index >= 15 is 0 Å². The maximum atomic E-state index is 8.50. The van der Waals surface area contributed by atoms with Gasteiger partial charge in [0, 0.05) is 23.2 Å². The van der Waals surface area contributed by atoms with Crippen molar-refractivity contribution in [1.29, 1.82) is 0 Å². The first-order chi connectivity index (χ1) is 21.2. The summed E-state index contributed by atoms with van der Waals surface area (Å²) >= 11 is -2.00. The van der Waals surface area contributed by atoms with Gasteiger partial charge in [-0.2, -0.15) is 6.42 Å². The van der Waals surface area contributed by atoms with Crippen LogP contribution in [0.3, 0.4) is 0 Å². The molecule has 9 fully saturated rings. The van der Waals surface area contributed by atoms with E-state index in [0.717, 1.165) is 35.5 Å². The van der Waals surface area contributed by atoms with E-state index in [1.54, 1.807) is 0 Å². The van der Waals surface area contributed by atoms with Gasteiger partial charge in [0.2, 0.25) is 0 Å². The molecule has 0 aromatic heterocycles. The molecule has 4 saturated carbocycles. The molecule has 0 radical (unpaired) electrons. The quantitative estimate of drug-likeness (QED) is 0.142. The van der Waals surface area contributed by atoms with Gasteiger partial charge >= 0.3 is 25.7 Å². The normalized spacial score (nSPS) is 52.5. The van der Waals surface area contributed by atoms with Gasteiger partial charge in [-0.15, -0.1) is 5.92 Å². The Morgan fingerprint density at radius 1 is 0.386 bits per heavy atom. The topological polar surface area (TPSA) is 130 Å². The summed E-state index contributed by atoms with van der Waals surface area (Å²) in [5, 5.41) is 33.7. The molecule has 0 amide bonds. The predicted octanol–water partition coefficient (Wildman–Crippen LogP) is 2.18. The van der Waals surface area contributed by atoms with Crippen LogP contribution in [0.1, 0.15) is 96.3 Å². The summed E-state index contributed by atoms with van der Waals surface area (Å²) in [4.78, 5) is 0. The molecule has 12 heteroatoms. The Labute approximate surface area is 283 Å². The van der Waals surface area contributed by atoms with E-state index in [0.29, 0.717) is 61.2 Å². The summed E-state index contributed by atoms with van der Waals surface area (Å²) in [7, 11) is 0. The molecule has 9 aliphatic rings. The van der Waals surface area contributed by atoms with Crippen LogP contribution in [0.2, 0.25) is 0 Å². The van der Waals surface area contributed by atoms with Crippen molar-refractivity contribution in [2.75, 3.05) is 0 Å². The first-order valence-electron chi connectivity index (χ1n) is 18.1. The van der Waals surface area contributed by atoms with Crippen molar-refractivity contribution in [1.82, 2.24) is 42.5 Å². The first kappa shape index (κ1) is 33.0. The van der Waals surface area contributed by atoms with Crippen LogP contribution in [0.4, 0.5) is 0 Å². The van der Waals surface area contributed by atoms with Crippen LogP contribution in [-0.2, 0) is 42.8 Å². The van der Waals surface area contributed by atoms with Crippen molar-refractivity contribution in [2.45, 2.75) is 146 Å². The fourth-order valence-corrected chi connectivity index (χ4v) is 11.7. The van der Waals surface area contributed by atoms with Gasteiger partial charge in [-0.3, -0.25) is 42.5 Å². The molecule has 16 unspecified atom stereocenters. The number of rotatable bonds is 0. The van der Waals surface area contributed by atoms with Crippen molar-refractivity contribution < 1.29 is 42.8 Å². The standard InChI is InChI=1S/C32H55N8.Fe.2O.Ti/c1-2-10-18-17(9-1)25-33-26(18)38-28-21-13-5-6-14-22(21)30(35-28)40-32-24-16-8-7-15-23(24)31(36-32)39-29-20-12-4-3-11-19(20)27(34-29)37-25;;;;/h9,17-40H,1-8,10-16H2;;;;/q-1;;;;. The average molecular weight is 688 g/mol. The van der Waals surface area contributed by atoms with Gasteiger partial charge in [0.25, 0.3) is 0 Å². The van der Waals surface area contributed by atoms with Crippen LogP contribution in [-0.4, -0.2) is 49.3 Å². The molecule has 16 atom stereocenters. The summed E-state index contributed by atoms with van der Waals surface area (Å²) < 4.78 is 17.0. The molecule has 5 aliphatic heterocycles. The van der Waals surface area contributed by atoms with Gasteiger partial charge in [0.15, 0.2) is 0 Å². The van der Waals surface area contributed by atoms with Gasteiger partial charge < -0.3 is 6.42 Å². The van der Waals surface area contributed by atoms with E-state index < -0.39 is 19.1 Å². The molecule has 0 aromatic carbocycles. The van der Waals surface area contributed by atoms with Crippen molar-refractivity contribution in [3.8, 4) is 0 Å². The Kier molecular flexibility index (Phi) is 10.9. The zero-order valence-electron chi connectivity index (χ0n) is 26.1. The molecular formula is C32H55FeN8O2Ti-. The molecule has 5 saturated heterocycles. The van der Waals surface area contributed by atoms with Crippen LogP contribution >= 0.6 is 0 Å². The Morgan fingerprint density at radius 3 is 0.955 bits per heavy atom. The Bertz CT molecular complexity index is 817. The van der Waals surface area contributed by atoms with Crippen LogP contribution in [0.25, 0.3) is 0 Å². The molecule has 8 bridgehead atoms. The number of hydrogen-bond donors (Lipinski definition) is 8. The molecule has 9 rings (SSSR count). The van der Waals surface area contributed by atoms with E-state index in [4.69, 9.17) is 6.65 Å². The van der Waals surface area contributed by atoms with E-state index in [1.165, 1.54) is 96.3 Å². The van der Waals surface area contributed by atoms with Crippen LogP contribution in [0, 0.1) is 53.8 Å². The zero-order valence-corrected chi connectivity index (χ0v) is 28.8. The monoisotopic (exact) mass is 687 g/mol. The molecule has 0 aromatic rings. The summed E-state index contributed by atoms with van der Waals surface area (Å²) in [5.74, 6) is 5.74. The molecule has 248 valence electrons. The maximum absolute atomic E-state index is 8.50. The van der Waals surface area contributed by atoms with Crippen molar-refractivity contribution in [3.05, 3.63) is 6.42 Å². The Balaban J connectivity index is 0.000000753. The molecular weight excluding hydrogens is 632 g/mol. The molecule has 8 N–H and O–H groups in total. The molecule has 0 spiro atoms. The third-order valence-electron chi connectivity index (χ3n) is 13.6. The minimum absolute atomic E-state index is 0.